The fourth-order valence-electron chi connectivity index (χ4n) is 2.10. The van der Waals surface area contributed by atoms with Crippen LogP contribution in [0.4, 0.5) is 0 Å². The van der Waals surface area contributed by atoms with E-state index in [1.807, 2.05) is 0 Å². The molecule has 0 heterocycles. The minimum absolute atomic E-state index is 0.175. The Balaban J connectivity index is 2.13. The second-order valence-electron chi connectivity index (χ2n) is 6.26. The molecule has 0 saturated heterocycles. The summed E-state index contributed by atoms with van der Waals surface area (Å²) in [6, 6.07) is 6.61. The van der Waals surface area contributed by atoms with Crippen molar-refractivity contribution < 1.29 is 22.9 Å². The average molecular weight is 290 g/mol. The molecule has 1 aromatic rings. The Morgan fingerprint density at radius 1 is 1.11 bits per heavy atom. The van der Waals surface area contributed by atoms with Crippen LogP contribution in [0.5, 0.6) is 5.75 Å². The van der Waals surface area contributed by atoms with Crippen molar-refractivity contribution in [2.24, 2.45) is 0 Å². The number of allylic oxidation sites excluding steroid dienone is 4. The molecule has 1 aliphatic carbocycles. The van der Waals surface area contributed by atoms with E-state index >= 15 is 0 Å². The maximum atomic E-state index is 6.10. The zero-order valence-corrected chi connectivity index (χ0v) is 14.1. The van der Waals surface area contributed by atoms with Gasteiger partial charge in [-0.25, -0.2) is 0 Å². The molecule has 0 atom stereocenters. The Morgan fingerprint density at radius 3 is 2.42 bits per heavy atom. The molecule has 2 heteroatoms. The van der Waals surface area contributed by atoms with Crippen molar-refractivity contribution in [2.75, 3.05) is 0 Å². The van der Waals surface area contributed by atoms with Crippen LogP contribution < -0.4 is 3.32 Å². The van der Waals surface area contributed by atoms with E-state index in [0.29, 0.717) is 0 Å². The molecule has 1 aromatic carbocycles. The van der Waals surface area contributed by atoms with Crippen LogP contribution in [0.25, 0.3) is 0 Å². The molecule has 100 valence electrons. The quantitative estimate of drug-likeness (QED) is 0.719. The zero-order valence-electron chi connectivity index (χ0n) is 12.5. The second-order valence-corrected chi connectivity index (χ2v) is 7.84. The Hall–Kier alpha value is -0.786. The maximum absolute atomic E-state index is 6.10. The van der Waals surface area contributed by atoms with Crippen molar-refractivity contribution in [2.45, 2.75) is 46.5 Å². The SMILES string of the molecule is CC1=[C]([Ti][O]c2cc(C)cc(C(C)(C)C)c2)CC=C1. The first-order chi connectivity index (χ1) is 8.86. The summed E-state index contributed by atoms with van der Waals surface area (Å²) in [4.78, 5) is 0. The summed E-state index contributed by atoms with van der Waals surface area (Å²) in [6.45, 7) is 11.1. The summed E-state index contributed by atoms with van der Waals surface area (Å²) in [6.07, 6.45) is 5.52. The summed E-state index contributed by atoms with van der Waals surface area (Å²) < 4.78 is 7.62. The molecule has 0 aromatic heterocycles. The van der Waals surface area contributed by atoms with Gasteiger partial charge in [-0.15, -0.1) is 0 Å². The molecule has 0 spiro atoms. The third kappa shape index (κ3) is 3.84. The van der Waals surface area contributed by atoms with Gasteiger partial charge in [0.25, 0.3) is 0 Å². The molecule has 1 nitrogen and oxygen atoms in total. The standard InChI is InChI=1S/C11H16O.C6H7.Ti/c1-8-5-9(11(2,3)4)7-10(12)6-8;1-6-4-2-3-5-6;/h5-7,12H,1-4H3;2,4H,3H2,1H3;/q;;+1/p-1. The predicted octanol–water partition coefficient (Wildman–Crippen LogP) is 4.90. The summed E-state index contributed by atoms with van der Waals surface area (Å²) in [5.41, 5.74) is 4.21. The normalized spacial score (nSPS) is 15.0. The Morgan fingerprint density at radius 2 is 1.84 bits per heavy atom. The van der Waals surface area contributed by atoms with Crippen molar-refractivity contribution in [1.29, 1.82) is 0 Å². The van der Waals surface area contributed by atoms with Gasteiger partial charge in [0, 0.05) is 0 Å². The van der Waals surface area contributed by atoms with Crippen LogP contribution in [0, 0.1) is 6.92 Å². The first-order valence-electron chi connectivity index (χ1n) is 6.77. The Bertz CT molecular complexity index is 533. The van der Waals surface area contributed by atoms with Crippen LogP contribution in [0.2, 0.25) is 0 Å². The number of aryl methyl sites for hydroxylation is 1. The van der Waals surface area contributed by atoms with E-state index in [-0.39, 0.29) is 5.41 Å². The predicted molar refractivity (Wildman–Crippen MR) is 77.0 cm³/mol. The molecule has 0 N–H and O–H groups in total. The van der Waals surface area contributed by atoms with E-state index in [4.69, 9.17) is 3.32 Å². The third-order valence-corrected chi connectivity index (χ3v) is 5.22. The summed E-state index contributed by atoms with van der Waals surface area (Å²) >= 11 is -0.485. The molecule has 0 fully saturated rings. The molecule has 0 bridgehead atoms. The number of hydrogen-bond acceptors (Lipinski definition) is 1. The molecule has 0 unspecified atom stereocenters. The van der Waals surface area contributed by atoms with Gasteiger partial charge in [0.05, 0.1) is 0 Å². The molecule has 0 radical (unpaired) electrons. The van der Waals surface area contributed by atoms with Gasteiger partial charge in [0.2, 0.25) is 0 Å². The van der Waals surface area contributed by atoms with Crippen molar-refractivity contribution >= 4 is 0 Å². The average Bonchev–Trinajstić information content (AvgIpc) is 2.70. The van der Waals surface area contributed by atoms with E-state index in [1.165, 1.54) is 20.6 Å². The van der Waals surface area contributed by atoms with Gasteiger partial charge in [-0.2, -0.15) is 0 Å². The fourth-order valence-corrected chi connectivity index (χ4v) is 3.35. The summed E-state index contributed by atoms with van der Waals surface area (Å²) in [5, 5.41) is 0. The van der Waals surface area contributed by atoms with Gasteiger partial charge in [-0.1, -0.05) is 0 Å². The zero-order chi connectivity index (χ0) is 14.0. The monoisotopic (exact) mass is 290 g/mol. The van der Waals surface area contributed by atoms with Crippen molar-refractivity contribution in [3.05, 3.63) is 50.9 Å². The van der Waals surface area contributed by atoms with Crippen LogP contribution in [0.3, 0.4) is 0 Å². The summed E-state index contributed by atoms with van der Waals surface area (Å²) in [5.74, 6) is 1.04. The van der Waals surface area contributed by atoms with Crippen molar-refractivity contribution in [1.82, 2.24) is 0 Å². The van der Waals surface area contributed by atoms with E-state index < -0.39 is 19.5 Å². The van der Waals surface area contributed by atoms with Crippen LogP contribution in [0.15, 0.2) is 39.8 Å². The first kappa shape index (κ1) is 14.6. The minimum atomic E-state index is -0.485. The molecular formula is C17H22OTi. The van der Waals surface area contributed by atoms with E-state index in [2.05, 4.69) is 65.0 Å². The first-order valence-corrected chi connectivity index (χ1v) is 8.19. The Kier molecular flexibility index (Phi) is 4.37. The molecular weight excluding hydrogens is 268 g/mol. The number of rotatable bonds is 3. The van der Waals surface area contributed by atoms with Crippen LogP contribution >= 0.6 is 0 Å². The van der Waals surface area contributed by atoms with Gasteiger partial charge in [0.1, 0.15) is 0 Å². The Labute approximate surface area is 126 Å². The second kappa shape index (κ2) is 5.69. The van der Waals surface area contributed by atoms with E-state index in [1.54, 1.807) is 0 Å². The van der Waals surface area contributed by atoms with Crippen molar-refractivity contribution in [3.63, 3.8) is 0 Å². The van der Waals surface area contributed by atoms with Gasteiger partial charge in [-0.05, 0) is 0 Å². The molecule has 2 rings (SSSR count). The van der Waals surface area contributed by atoms with Crippen molar-refractivity contribution in [3.8, 4) is 5.75 Å². The van der Waals surface area contributed by atoms with Crippen LogP contribution in [-0.2, 0) is 25.0 Å². The molecule has 0 saturated carbocycles. The van der Waals surface area contributed by atoms with Gasteiger partial charge in [0.15, 0.2) is 0 Å². The summed E-state index contributed by atoms with van der Waals surface area (Å²) in [7, 11) is 0. The third-order valence-electron chi connectivity index (χ3n) is 3.37. The topological polar surface area (TPSA) is 9.23 Å². The van der Waals surface area contributed by atoms with Gasteiger partial charge < -0.3 is 0 Å². The molecule has 0 amide bonds. The van der Waals surface area contributed by atoms with Gasteiger partial charge in [-0.3, -0.25) is 0 Å². The van der Waals surface area contributed by atoms with E-state index in [9.17, 15) is 0 Å². The van der Waals surface area contributed by atoms with E-state index in [0.717, 1.165) is 12.2 Å². The number of benzene rings is 1. The van der Waals surface area contributed by atoms with Crippen LogP contribution in [0.1, 0.15) is 45.2 Å². The molecule has 1 aliphatic rings. The molecule has 19 heavy (non-hydrogen) atoms. The number of hydrogen-bond donors (Lipinski definition) is 0. The molecule has 0 aliphatic heterocycles. The van der Waals surface area contributed by atoms with Crippen LogP contribution in [-0.4, -0.2) is 0 Å². The van der Waals surface area contributed by atoms with Gasteiger partial charge >= 0.3 is 126 Å². The fraction of sp³-hybridized carbons (Fsp3) is 0.412.